The summed E-state index contributed by atoms with van der Waals surface area (Å²) >= 11 is 6.19. The summed E-state index contributed by atoms with van der Waals surface area (Å²) in [5, 5.41) is 0.668. The van der Waals surface area contributed by atoms with E-state index in [1.54, 1.807) is 6.92 Å². The number of hydrogen-bond donors (Lipinski definition) is 0. The highest BCUT2D eigenvalue weighted by Crippen LogP contribution is 2.32. The summed E-state index contributed by atoms with van der Waals surface area (Å²) in [6, 6.07) is 5.78. The highest BCUT2D eigenvalue weighted by Gasteiger charge is 2.37. The van der Waals surface area contributed by atoms with Crippen molar-refractivity contribution in [2.75, 3.05) is 44.2 Å². The van der Waals surface area contributed by atoms with E-state index in [9.17, 15) is 13.2 Å². The van der Waals surface area contributed by atoms with Gasteiger partial charge in [0.2, 0.25) is 10.0 Å². The molecule has 180 valence electrons. The molecular weight excluding hydrogens is 460 g/mol. The van der Waals surface area contributed by atoms with Gasteiger partial charge in [0.1, 0.15) is 4.90 Å². The first-order valence-corrected chi connectivity index (χ1v) is 13.4. The van der Waals surface area contributed by atoms with Gasteiger partial charge < -0.3 is 14.4 Å². The van der Waals surface area contributed by atoms with E-state index in [2.05, 4.69) is 4.90 Å². The van der Waals surface area contributed by atoms with Gasteiger partial charge in [-0.15, -0.1) is 0 Å². The molecular formula is C24H33ClN4O3S. The number of aryl methyl sites for hydroxylation is 1. The Morgan fingerprint density at radius 3 is 2.18 bits per heavy atom. The highest BCUT2D eigenvalue weighted by molar-refractivity contribution is 7.89. The van der Waals surface area contributed by atoms with Gasteiger partial charge in [0.05, 0.1) is 5.56 Å². The Labute approximate surface area is 202 Å². The summed E-state index contributed by atoms with van der Waals surface area (Å²) in [4.78, 5) is 17.6. The number of likely N-dealkylation sites (tertiary alicyclic amines) is 1. The second kappa shape index (κ2) is 9.31. The Balaban J connectivity index is 1.62. The number of piperidine rings is 1. The second-order valence-corrected chi connectivity index (χ2v) is 11.4. The van der Waals surface area contributed by atoms with Crippen molar-refractivity contribution in [1.82, 2.24) is 13.8 Å². The molecule has 33 heavy (non-hydrogen) atoms. The van der Waals surface area contributed by atoms with Crippen molar-refractivity contribution in [2.45, 2.75) is 44.9 Å². The molecule has 1 aromatic heterocycles. The van der Waals surface area contributed by atoms with Crippen LogP contribution in [0, 0.1) is 20.8 Å². The van der Waals surface area contributed by atoms with Crippen molar-refractivity contribution >= 4 is 33.2 Å². The predicted molar refractivity (Wildman–Crippen MR) is 132 cm³/mol. The maximum atomic E-state index is 13.8. The molecule has 7 nitrogen and oxygen atoms in total. The lowest BCUT2D eigenvalue weighted by atomic mass is 10.1. The standard InChI is InChI=1S/C24H33ClN4O3S/c1-17-8-9-20(25)16-21(17)27-12-14-29(15-13-27)33(31,32)23-19(3)26(4)18(2)22(23)24(30)28-10-6-5-7-11-28/h8-9,16H,5-7,10-15H2,1-4H3. The molecule has 2 aliphatic heterocycles. The van der Waals surface area contributed by atoms with E-state index in [0.29, 0.717) is 61.2 Å². The van der Waals surface area contributed by atoms with Gasteiger partial charge in [0.15, 0.2) is 0 Å². The lowest BCUT2D eigenvalue weighted by Gasteiger charge is -2.36. The van der Waals surface area contributed by atoms with Crippen molar-refractivity contribution in [2.24, 2.45) is 7.05 Å². The summed E-state index contributed by atoms with van der Waals surface area (Å²) in [6.07, 6.45) is 3.03. The van der Waals surface area contributed by atoms with Gasteiger partial charge in [-0.1, -0.05) is 17.7 Å². The Morgan fingerprint density at radius 2 is 1.55 bits per heavy atom. The molecule has 1 aromatic carbocycles. The number of sulfonamides is 1. The minimum absolute atomic E-state index is 0.164. The molecule has 0 aliphatic carbocycles. The minimum Gasteiger partial charge on any atom is -0.369 e. The minimum atomic E-state index is -3.82. The number of nitrogens with zero attached hydrogens (tertiary/aromatic N) is 4. The molecule has 0 bridgehead atoms. The summed E-state index contributed by atoms with van der Waals surface area (Å²) in [5.74, 6) is -0.164. The van der Waals surface area contributed by atoms with Crippen LogP contribution in [0.15, 0.2) is 23.1 Å². The van der Waals surface area contributed by atoms with Gasteiger partial charge in [0, 0.05) is 68.4 Å². The predicted octanol–water partition coefficient (Wildman–Crippen LogP) is 3.74. The topological polar surface area (TPSA) is 65.9 Å². The molecule has 0 saturated carbocycles. The number of amides is 1. The van der Waals surface area contributed by atoms with Crippen LogP contribution in [0.3, 0.4) is 0 Å². The fourth-order valence-electron chi connectivity index (χ4n) is 4.96. The number of aromatic nitrogens is 1. The zero-order valence-corrected chi connectivity index (χ0v) is 21.5. The van der Waals surface area contributed by atoms with E-state index in [1.165, 1.54) is 4.31 Å². The number of anilines is 1. The number of carbonyl (C=O) groups is 1. The number of halogens is 1. The fraction of sp³-hybridized carbons (Fsp3) is 0.542. The molecule has 0 N–H and O–H groups in total. The number of piperazine rings is 1. The molecule has 0 radical (unpaired) electrons. The lowest BCUT2D eigenvalue weighted by Crippen LogP contribution is -2.49. The van der Waals surface area contributed by atoms with Crippen molar-refractivity contribution in [3.63, 3.8) is 0 Å². The molecule has 2 saturated heterocycles. The SMILES string of the molecule is Cc1ccc(Cl)cc1N1CCN(S(=O)(=O)c2c(C(=O)N3CCCCC3)c(C)n(C)c2C)CC1. The normalized spacial score (nSPS) is 18.1. The van der Waals surface area contributed by atoms with Crippen molar-refractivity contribution in [1.29, 1.82) is 0 Å². The van der Waals surface area contributed by atoms with Crippen LogP contribution >= 0.6 is 11.6 Å². The smallest absolute Gasteiger partial charge is 0.257 e. The molecule has 2 aromatic rings. The maximum Gasteiger partial charge on any atom is 0.257 e. The van der Waals surface area contributed by atoms with Crippen molar-refractivity contribution < 1.29 is 13.2 Å². The summed E-state index contributed by atoms with van der Waals surface area (Å²) in [7, 11) is -1.99. The average molecular weight is 493 g/mol. The van der Waals surface area contributed by atoms with Gasteiger partial charge in [-0.3, -0.25) is 4.79 Å². The number of hydrogen-bond acceptors (Lipinski definition) is 4. The number of rotatable bonds is 4. The van der Waals surface area contributed by atoms with Crippen LogP contribution in [0.4, 0.5) is 5.69 Å². The zero-order chi connectivity index (χ0) is 23.9. The monoisotopic (exact) mass is 492 g/mol. The molecule has 4 rings (SSSR count). The lowest BCUT2D eigenvalue weighted by molar-refractivity contribution is 0.0719. The molecule has 0 spiro atoms. The Hall–Kier alpha value is -2.03. The average Bonchev–Trinajstić information content (AvgIpc) is 3.05. The molecule has 3 heterocycles. The van der Waals surface area contributed by atoms with Gasteiger partial charge in [-0.05, 0) is 57.7 Å². The Bertz CT molecular complexity index is 1160. The van der Waals surface area contributed by atoms with Gasteiger partial charge in [-0.2, -0.15) is 4.31 Å². The molecule has 0 unspecified atom stereocenters. The molecule has 0 atom stereocenters. The molecule has 2 fully saturated rings. The van der Waals surface area contributed by atoms with Crippen molar-refractivity contribution in [3.05, 3.63) is 45.7 Å². The van der Waals surface area contributed by atoms with E-state index >= 15 is 0 Å². The summed E-state index contributed by atoms with van der Waals surface area (Å²) in [6.45, 7) is 8.89. The number of benzene rings is 1. The fourth-order valence-corrected chi connectivity index (χ4v) is 7.03. The molecule has 9 heteroatoms. The largest absolute Gasteiger partial charge is 0.369 e. The van der Waals surface area contributed by atoms with Gasteiger partial charge >= 0.3 is 0 Å². The quantitative estimate of drug-likeness (QED) is 0.652. The first-order chi connectivity index (χ1) is 15.6. The van der Waals surface area contributed by atoms with Crippen LogP contribution in [0.1, 0.15) is 46.6 Å². The van der Waals surface area contributed by atoms with E-state index in [0.717, 1.165) is 30.5 Å². The third kappa shape index (κ3) is 4.40. The van der Waals surface area contributed by atoms with Crippen LogP contribution in [0.5, 0.6) is 0 Å². The third-order valence-corrected chi connectivity index (χ3v) is 9.42. The first kappa shape index (κ1) is 24.1. The van der Waals surface area contributed by atoms with E-state index in [1.807, 2.05) is 48.6 Å². The maximum absolute atomic E-state index is 13.8. The van der Waals surface area contributed by atoms with Crippen LogP contribution < -0.4 is 4.90 Å². The van der Waals surface area contributed by atoms with Crippen LogP contribution in [-0.4, -0.2) is 67.4 Å². The first-order valence-electron chi connectivity index (χ1n) is 11.6. The zero-order valence-electron chi connectivity index (χ0n) is 19.9. The van der Waals surface area contributed by atoms with Gasteiger partial charge in [0.25, 0.3) is 5.91 Å². The van der Waals surface area contributed by atoms with E-state index < -0.39 is 10.0 Å². The van der Waals surface area contributed by atoms with Crippen LogP contribution in [0.25, 0.3) is 0 Å². The third-order valence-electron chi connectivity index (χ3n) is 7.13. The summed E-state index contributed by atoms with van der Waals surface area (Å²) in [5.41, 5.74) is 3.80. The Kier molecular flexibility index (Phi) is 6.80. The second-order valence-electron chi connectivity index (χ2n) is 9.11. The van der Waals surface area contributed by atoms with Gasteiger partial charge in [-0.25, -0.2) is 8.42 Å². The van der Waals surface area contributed by atoms with Crippen molar-refractivity contribution in [3.8, 4) is 0 Å². The van der Waals surface area contributed by atoms with Crippen LogP contribution in [-0.2, 0) is 17.1 Å². The summed E-state index contributed by atoms with van der Waals surface area (Å²) < 4.78 is 31.1. The van der Waals surface area contributed by atoms with Crippen LogP contribution in [0.2, 0.25) is 5.02 Å². The Morgan fingerprint density at radius 1 is 0.909 bits per heavy atom. The number of carbonyl (C=O) groups excluding carboxylic acids is 1. The molecule has 1 amide bonds. The van der Waals surface area contributed by atoms with E-state index in [-0.39, 0.29) is 10.8 Å². The van der Waals surface area contributed by atoms with E-state index in [4.69, 9.17) is 11.6 Å². The highest BCUT2D eigenvalue weighted by atomic mass is 35.5. The molecule has 2 aliphatic rings.